The molecule has 1 aliphatic rings. The zero-order valence-corrected chi connectivity index (χ0v) is 10.7. The van der Waals surface area contributed by atoms with E-state index in [-0.39, 0.29) is 0 Å². The third kappa shape index (κ3) is 2.19. The van der Waals surface area contributed by atoms with Gasteiger partial charge in [-0.1, -0.05) is 0 Å². The summed E-state index contributed by atoms with van der Waals surface area (Å²) in [7, 11) is 0. The predicted octanol–water partition coefficient (Wildman–Crippen LogP) is 2.48. The summed E-state index contributed by atoms with van der Waals surface area (Å²) < 4.78 is 1.26. The highest BCUT2D eigenvalue weighted by Crippen LogP contribution is 2.32. The van der Waals surface area contributed by atoms with Gasteiger partial charge in [-0.3, -0.25) is 4.90 Å². The molecule has 1 atom stereocenters. The topological polar surface area (TPSA) is 15.3 Å². The molecule has 78 valence electrons. The monoisotopic (exact) mass is 274 g/mol. The van der Waals surface area contributed by atoms with Crippen LogP contribution < -0.4 is 5.32 Å². The highest BCUT2D eigenvalue weighted by Gasteiger charge is 2.20. The standard InChI is InChI=1S/C10H15BrN2S/c1-8(10-9(11)2-7-14-10)13-5-3-12-4-6-13/h2,7-8,12H,3-6H2,1H3/t8-/m1/s1. The molecule has 14 heavy (non-hydrogen) atoms. The van der Waals surface area contributed by atoms with E-state index in [1.165, 1.54) is 9.35 Å². The first kappa shape index (κ1) is 10.6. The lowest BCUT2D eigenvalue weighted by atomic mass is 10.2. The molecule has 1 aromatic rings. The molecular formula is C10H15BrN2S. The Morgan fingerprint density at radius 2 is 2.21 bits per heavy atom. The summed E-state index contributed by atoms with van der Waals surface area (Å²) in [4.78, 5) is 3.99. The van der Waals surface area contributed by atoms with Crippen LogP contribution in [-0.2, 0) is 0 Å². The van der Waals surface area contributed by atoms with Crippen LogP contribution in [0.5, 0.6) is 0 Å². The van der Waals surface area contributed by atoms with Gasteiger partial charge in [0.2, 0.25) is 0 Å². The lowest BCUT2D eigenvalue weighted by Gasteiger charge is -2.32. The van der Waals surface area contributed by atoms with Gasteiger partial charge >= 0.3 is 0 Å². The van der Waals surface area contributed by atoms with E-state index in [2.05, 4.69) is 44.5 Å². The maximum Gasteiger partial charge on any atom is 0.0425 e. The molecule has 0 spiro atoms. The van der Waals surface area contributed by atoms with Gasteiger partial charge in [0.1, 0.15) is 0 Å². The number of rotatable bonds is 2. The molecule has 1 fully saturated rings. The Balaban J connectivity index is 2.07. The number of piperazine rings is 1. The van der Waals surface area contributed by atoms with Crippen LogP contribution >= 0.6 is 27.3 Å². The average Bonchev–Trinajstić information content (AvgIpc) is 2.65. The first-order chi connectivity index (χ1) is 6.79. The average molecular weight is 275 g/mol. The molecule has 0 aliphatic carbocycles. The molecule has 4 heteroatoms. The van der Waals surface area contributed by atoms with E-state index in [1.807, 2.05) is 11.3 Å². The molecule has 2 heterocycles. The van der Waals surface area contributed by atoms with Crippen molar-refractivity contribution < 1.29 is 0 Å². The Labute approximate surface area is 97.4 Å². The molecular weight excluding hydrogens is 260 g/mol. The fourth-order valence-electron chi connectivity index (χ4n) is 1.84. The Kier molecular flexibility index (Phi) is 3.60. The second-order valence-electron chi connectivity index (χ2n) is 3.59. The summed E-state index contributed by atoms with van der Waals surface area (Å²) in [6.07, 6.45) is 0. The van der Waals surface area contributed by atoms with Crippen LogP contribution in [0, 0.1) is 0 Å². The largest absolute Gasteiger partial charge is 0.314 e. The summed E-state index contributed by atoms with van der Waals surface area (Å²) in [5.41, 5.74) is 0. The minimum absolute atomic E-state index is 0.548. The number of thiophene rings is 1. The van der Waals surface area contributed by atoms with Crippen molar-refractivity contribution in [2.75, 3.05) is 26.2 Å². The summed E-state index contributed by atoms with van der Waals surface area (Å²) in [5.74, 6) is 0. The Hall–Kier alpha value is 0.1000. The predicted molar refractivity (Wildman–Crippen MR) is 64.9 cm³/mol. The van der Waals surface area contributed by atoms with Crippen LogP contribution in [0.25, 0.3) is 0 Å². The Morgan fingerprint density at radius 3 is 2.79 bits per heavy atom. The zero-order valence-electron chi connectivity index (χ0n) is 8.29. The molecule has 2 nitrogen and oxygen atoms in total. The number of nitrogens with one attached hydrogen (secondary N) is 1. The van der Waals surface area contributed by atoms with Crippen LogP contribution in [0.1, 0.15) is 17.8 Å². The Morgan fingerprint density at radius 1 is 1.50 bits per heavy atom. The van der Waals surface area contributed by atoms with E-state index in [0.717, 1.165) is 26.2 Å². The highest BCUT2D eigenvalue weighted by atomic mass is 79.9. The first-order valence-corrected chi connectivity index (χ1v) is 6.64. The van der Waals surface area contributed by atoms with Crippen molar-refractivity contribution >= 4 is 27.3 Å². The highest BCUT2D eigenvalue weighted by molar-refractivity contribution is 9.10. The maximum atomic E-state index is 3.60. The molecule has 0 unspecified atom stereocenters. The number of hydrogen-bond acceptors (Lipinski definition) is 3. The smallest absolute Gasteiger partial charge is 0.0425 e. The van der Waals surface area contributed by atoms with Crippen molar-refractivity contribution in [3.8, 4) is 0 Å². The van der Waals surface area contributed by atoms with Crippen molar-refractivity contribution in [3.63, 3.8) is 0 Å². The first-order valence-electron chi connectivity index (χ1n) is 4.96. The van der Waals surface area contributed by atoms with Gasteiger partial charge in [-0.25, -0.2) is 0 Å². The van der Waals surface area contributed by atoms with Gasteiger partial charge < -0.3 is 5.32 Å². The maximum absolute atomic E-state index is 3.60. The minimum Gasteiger partial charge on any atom is -0.314 e. The van der Waals surface area contributed by atoms with E-state index in [0.29, 0.717) is 6.04 Å². The summed E-state index contributed by atoms with van der Waals surface area (Å²) in [6, 6.07) is 2.69. The summed E-state index contributed by atoms with van der Waals surface area (Å²) >= 11 is 5.44. The van der Waals surface area contributed by atoms with Gasteiger partial charge in [0.05, 0.1) is 0 Å². The van der Waals surface area contributed by atoms with Crippen LogP contribution in [0.3, 0.4) is 0 Å². The van der Waals surface area contributed by atoms with Crippen LogP contribution in [0.2, 0.25) is 0 Å². The molecule has 1 N–H and O–H groups in total. The molecule has 0 amide bonds. The van der Waals surface area contributed by atoms with Gasteiger partial charge in [0.15, 0.2) is 0 Å². The van der Waals surface area contributed by atoms with Gasteiger partial charge in [0, 0.05) is 41.6 Å². The SMILES string of the molecule is C[C@H](c1sccc1Br)N1CCNCC1. The van der Waals surface area contributed by atoms with Crippen molar-refractivity contribution in [1.29, 1.82) is 0 Å². The molecule has 0 radical (unpaired) electrons. The van der Waals surface area contributed by atoms with Crippen molar-refractivity contribution in [2.45, 2.75) is 13.0 Å². The fourth-order valence-corrected chi connectivity index (χ4v) is 3.63. The zero-order chi connectivity index (χ0) is 9.97. The number of halogens is 1. The molecule has 0 bridgehead atoms. The number of nitrogens with zero attached hydrogens (tertiary/aromatic N) is 1. The molecule has 0 aromatic carbocycles. The lowest BCUT2D eigenvalue weighted by Crippen LogP contribution is -2.44. The molecule has 1 aliphatic heterocycles. The van der Waals surface area contributed by atoms with Gasteiger partial charge in [0.25, 0.3) is 0 Å². The van der Waals surface area contributed by atoms with E-state index >= 15 is 0 Å². The van der Waals surface area contributed by atoms with E-state index < -0.39 is 0 Å². The molecule has 1 aromatic heterocycles. The van der Waals surface area contributed by atoms with Crippen LogP contribution in [-0.4, -0.2) is 31.1 Å². The Bertz CT molecular complexity index is 294. The third-order valence-corrected chi connectivity index (χ3v) is 4.76. The molecule has 0 saturated carbocycles. The van der Waals surface area contributed by atoms with E-state index in [9.17, 15) is 0 Å². The quantitative estimate of drug-likeness (QED) is 0.892. The normalized spacial score (nSPS) is 21.0. The third-order valence-electron chi connectivity index (χ3n) is 2.72. The van der Waals surface area contributed by atoms with Crippen molar-refractivity contribution in [3.05, 3.63) is 20.8 Å². The van der Waals surface area contributed by atoms with E-state index in [1.54, 1.807) is 0 Å². The molecule has 1 saturated heterocycles. The van der Waals surface area contributed by atoms with Crippen molar-refractivity contribution in [2.24, 2.45) is 0 Å². The summed E-state index contributed by atoms with van der Waals surface area (Å²) in [5, 5.41) is 5.53. The van der Waals surface area contributed by atoms with Crippen molar-refractivity contribution in [1.82, 2.24) is 10.2 Å². The van der Waals surface area contributed by atoms with Gasteiger partial charge in [-0.2, -0.15) is 0 Å². The minimum atomic E-state index is 0.548. The second-order valence-corrected chi connectivity index (χ2v) is 5.40. The second kappa shape index (κ2) is 4.75. The van der Waals surface area contributed by atoms with Crippen LogP contribution in [0.15, 0.2) is 15.9 Å². The molecule has 2 rings (SSSR count). The number of hydrogen-bond donors (Lipinski definition) is 1. The fraction of sp³-hybridized carbons (Fsp3) is 0.600. The summed E-state index contributed by atoms with van der Waals surface area (Å²) in [6.45, 7) is 6.85. The van der Waals surface area contributed by atoms with Gasteiger partial charge in [-0.15, -0.1) is 11.3 Å². The van der Waals surface area contributed by atoms with E-state index in [4.69, 9.17) is 0 Å². The lowest BCUT2D eigenvalue weighted by molar-refractivity contribution is 0.187. The van der Waals surface area contributed by atoms with Crippen LogP contribution in [0.4, 0.5) is 0 Å². The van der Waals surface area contributed by atoms with Gasteiger partial charge in [-0.05, 0) is 34.3 Å².